The molecule has 0 saturated heterocycles. The molecule has 1 atom stereocenters. The number of aromatic nitrogens is 2. The summed E-state index contributed by atoms with van der Waals surface area (Å²) in [4.78, 5) is 13.5. The molecule has 2 aromatic carbocycles. The highest BCUT2D eigenvalue weighted by Crippen LogP contribution is 2.47. The summed E-state index contributed by atoms with van der Waals surface area (Å²) in [5, 5.41) is 9.31. The number of hydrogen-bond acceptors (Lipinski definition) is 6. The van der Waals surface area contributed by atoms with Crippen molar-refractivity contribution in [2.75, 3.05) is 11.6 Å². The van der Waals surface area contributed by atoms with E-state index in [0.29, 0.717) is 11.1 Å². The minimum Gasteiger partial charge on any atom is -0.436 e. The minimum absolute atomic E-state index is 0.0311. The molecule has 0 aliphatic heterocycles. The maximum Gasteiger partial charge on any atom is 0.435 e. The molecule has 1 aliphatic carbocycles. The maximum atomic E-state index is 15.5. The van der Waals surface area contributed by atoms with E-state index in [0.717, 1.165) is 26.2 Å². The van der Waals surface area contributed by atoms with E-state index in [1.54, 1.807) is 13.0 Å². The molecule has 1 fully saturated rings. The summed E-state index contributed by atoms with van der Waals surface area (Å²) >= 11 is 0. The van der Waals surface area contributed by atoms with Crippen LogP contribution < -0.4 is 10.1 Å². The molecule has 3 aromatic rings. The second kappa shape index (κ2) is 9.89. The molecule has 4 rings (SSSR count). The summed E-state index contributed by atoms with van der Waals surface area (Å²) in [7, 11) is -3.12. The van der Waals surface area contributed by atoms with Crippen molar-refractivity contribution in [3.8, 4) is 11.6 Å². The molecule has 1 saturated carbocycles. The number of halogens is 4. The fourth-order valence-electron chi connectivity index (χ4n) is 4.73. The van der Waals surface area contributed by atoms with Crippen LogP contribution in [0.2, 0.25) is 0 Å². The summed E-state index contributed by atoms with van der Waals surface area (Å²) in [6.45, 7) is 6.24. The first kappa shape index (κ1) is 28.5. The van der Waals surface area contributed by atoms with Gasteiger partial charge in [0.1, 0.15) is 17.1 Å². The van der Waals surface area contributed by atoms with Crippen molar-refractivity contribution in [2.45, 2.75) is 63.4 Å². The lowest BCUT2D eigenvalue weighted by molar-refractivity contribution is -0.142. The summed E-state index contributed by atoms with van der Waals surface area (Å²) in [5.41, 5.74) is -1.42. The molecule has 1 unspecified atom stereocenters. The highest BCUT2D eigenvalue weighted by atomic mass is 32.2. The second-order valence-corrected chi connectivity index (χ2v) is 12.4. The molecule has 1 heterocycles. The van der Waals surface area contributed by atoms with Crippen LogP contribution in [0.3, 0.4) is 0 Å². The molecule has 1 aromatic heterocycles. The SMILES string of the molecule is Cc1cc(C2(C)CCC2)c(F)c(C)c1Oc1nnc(C(F)(F)F)c(C)c1C(=O)Nc1cccc(S(C)(=N)=O)c1. The Balaban J connectivity index is 1.79. The molecule has 7 nitrogen and oxygen atoms in total. The quantitative estimate of drug-likeness (QED) is 0.311. The van der Waals surface area contributed by atoms with Crippen molar-refractivity contribution in [2.24, 2.45) is 0 Å². The topological polar surface area (TPSA) is 105 Å². The van der Waals surface area contributed by atoms with Crippen LogP contribution in [-0.4, -0.2) is 26.6 Å². The highest BCUT2D eigenvalue weighted by molar-refractivity contribution is 7.91. The van der Waals surface area contributed by atoms with Gasteiger partial charge in [0.15, 0.2) is 5.69 Å². The average molecular weight is 565 g/mol. The van der Waals surface area contributed by atoms with Gasteiger partial charge in [-0.05, 0) is 80.0 Å². The third kappa shape index (κ3) is 5.47. The Labute approximate surface area is 224 Å². The van der Waals surface area contributed by atoms with Gasteiger partial charge in [0.05, 0.1) is 9.73 Å². The molecule has 0 spiro atoms. The number of carbonyl (C=O) groups excluding carboxylic acids is 1. The highest BCUT2D eigenvalue weighted by Gasteiger charge is 2.39. The van der Waals surface area contributed by atoms with Crippen LogP contribution in [0.1, 0.15) is 64.5 Å². The van der Waals surface area contributed by atoms with Crippen molar-refractivity contribution in [1.82, 2.24) is 10.2 Å². The zero-order valence-electron chi connectivity index (χ0n) is 22.0. The Kier molecular flexibility index (Phi) is 7.22. The van der Waals surface area contributed by atoms with Crippen molar-refractivity contribution in [1.29, 1.82) is 4.78 Å². The van der Waals surface area contributed by atoms with Gasteiger partial charge in [-0.25, -0.2) is 13.4 Å². The van der Waals surface area contributed by atoms with Gasteiger partial charge in [-0.1, -0.05) is 19.4 Å². The van der Waals surface area contributed by atoms with E-state index >= 15 is 4.39 Å². The summed E-state index contributed by atoms with van der Waals surface area (Å²) < 4.78 is 82.2. The lowest BCUT2D eigenvalue weighted by Crippen LogP contribution is -2.31. The number of carbonyl (C=O) groups is 1. The summed E-state index contributed by atoms with van der Waals surface area (Å²) in [5.74, 6) is -1.97. The number of hydrogen-bond donors (Lipinski definition) is 2. The number of rotatable bonds is 6. The van der Waals surface area contributed by atoms with Gasteiger partial charge in [0, 0.05) is 22.4 Å². The number of amides is 1. The predicted molar refractivity (Wildman–Crippen MR) is 138 cm³/mol. The predicted octanol–water partition coefficient (Wildman–Crippen LogP) is 7.08. The van der Waals surface area contributed by atoms with Gasteiger partial charge in [0.2, 0.25) is 0 Å². The van der Waals surface area contributed by atoms with E-state index in [9.17, 15) is 22.2 Å². The van der Waals surface area contributed by atoms with Gasteiger partial charge in [-0.15, -0.1) is 10.2 Å². The Hall–Kier alpha value is -3.54. The Morgan fingerprint density at radius 3 is 2.36 bits per heavy atom. The third-order valence-corrected chi connectivity index (χ3v) is 8.31. The molecule has 0 bridgehead atoms. The van der Waals surface area contributed by atoms with Crippen molar-refractivity contribution in [3.63, 3.8) is 0 Å². The van der Waals surface area contributed by atoms with Crippen LogP contribution in [0.15, 0.2) is 35.2 Å². The van der Waals surface area contributed by atoms with Crippen LogP contribution in [0, 0.1) is 31.4 Å². The van der Waals surface area contributed by atoms with Crippen LogP contribution in [0.4, 0.5) is 23.2 Å². The first-order valence-electron chi connectivity index (χ1n) is 12.1. The molecule has 39 heavy (non-hydrogen) atoms. The van der Waals surface area contributed by atoms with E-state index in [2.05, 4.69) is 15.5 Å². The third-order valence-electron chi connectivity index (χ3n) is 7.15. The van der Waals surface area contributed by atoms with Crippen LogP contribution in [0.25, 0.3) is 0 Å². The molecule has 1 aliphatic rings. The molecular formula is C27H28F4N4O3S. The molecule has 0 radical (unpaired) electrons. The molecule has 12 heteroatoms. The molecule has 2 N–H and O–H groups in total. The summed E-state index contributed by atoms with van der Waals surface area (Å²) in [6, 6.07) is 7.29. The normalized spacial score (nSPS) is 16.2. The monoisotopic (exact) mass is 564 g/mol. The number of nitrogens with zero attached hydrogens (tertiary/aromatic N) is 2. The number of aryl methyl sites for hydroxylation is 1. The lowest BCUT2D eigenvalue weighted by atomic mass is 9.65. The number of alkyl halides is 3. The van der Waals surface area contributed by atoms with E-state index in [1.807, 2.05) is 6.92 Å². The Morgan fingerprint density at radius 2 is 1.79 bits per heavy atom. The zero-order valence-corrected chi connectivity index (χ0v) is 22.9. The van der Waals surface area contributed by atoms with Gasteiger partial charge in [-0.2, -0.15) is 13.2 Å². The fourth-order valence-corrected chi connectivity index (χ4v) is 5.42. The van der Waals surface area contributed by atoms with Gasteiger partial charge in [-0.3, -0.25) is 4.79 Å². The summed E-state index contributed by atoms with van der Waals surface area (Å²) in [6.07, 6.45) is -1.03. The smallest absolute Gasteiger partial charge is 0.435 e. The van der Waals surface area contributed by atoms with Crippen molar-refractivity contribution < 1.29 is 31.3 Å². The average Bonchev–Trinajstić information content (AvgIpc) is 2.81. The largest absolute Gasteiger partial charge is 0.436 e. The number of ether oxygens (including phenoxy) is 1. The van der Waals surface area contributed by atoms with Crippen molar-refractivity contribution >= 4 is 21.3 Å². The maximum absolute atomic E-state index is 15.5. The number of anilines is 1. The van der Waals surface area contributed by atoms with Crippen LogP contribution in [0.5, 0.6) is 11.6 Å². The minimum atomic E-state index is -4.90. The van der Waals surface area contributed by atoms with E-state index in [4.69, 9.17) is 9.52 Å². The number of benzene rings is 2. The van der Waals surface area contributed by atoms with E-state index in [-0.39, 0.29) is 27.3 Å². The van der Waals surface area contributed by atoms with Gasteiger partial charge < -0.3 is 10.1 Å². The fraction of sp³-hybridized carbons (Fsp3) is 0.370. The van der Waals surface area contributed by atoms with Crippen LogP contribution >= 0.6 is 0 Å². The Morgan fingerprint density at radius 1 is 1.13 bits per heavy atom. The van der Waals surface area contributed by atoms with Crippen molar-refractivity contribution in [3.05, 3.63) is 69.7 Å². The first-order valence-corrected chi connectivity index (χ1v) is 14.1. The Bertz CT molecular complexity index is 1580. The first-order chi connectivity index (χ1) is 18.0. The van der Waals surface area contributed by atoms with E-state index < -0.39 is 50.3 Å². The zero-order chi connectivity index (χ0) is 28.9. The molecule has 1 amide bonds. The molecular weight excluding hydrogens is 536 g/mol. The van der Waals surface area contributed by atoms with Crippen LogP contribution in [-0.2, 0) is 21.3 Å². The second-order valence-electron chi connectivity index (χ2n) is 10.2. The van der Waals surface area contributed by atoms with Gasteiger partial charge >= 0.3 is 6.18 Å². The van der Waals surface area contributed by atoms with E-state index in [1.165, 1.54) is 37.4 Å². The standard InChI is InChI=1S/C27H28F4N4O3S/c1-14-12-19(26(4)10-7-11-26)21(28)16(3)22(14)38-25-20(15(2)23(34-35-25)27(29,30)31)24(36)33-17-8-6-9-18(13-17)39(5,32)37/h6,8-9,12-13,32H,7,10-11H2,1-5H3,(H,33,36). The number of nitrogens with one attached hydrogen (secondary N) is 2. The molecule has 208 valence electrons. The van der Waals surface area contributed by atoms with Gasteiger partial charge in [0.25, 0.3) is 11.8 Å². The lowest BCUT2D eigenvalue weighted by Gasteiger charge is -2.39.